The molecular formula is C14H27NO2. The van der Waals surface area contributed by atoms with Crippen molar-refractivity contribution in [2.45, 2.75) is 66.4 Å². The molecule has 2 atom stereocenters. The topological polar surface area (TPSA) is 38.7 Å². The van der Waals surface area contributed by atoms with E-state index >= 15 is 0 Å². The number of ether oxygens (including phenoxy) is 1. The summed E-state index contributed by atoms with van der Waals surface area (Å²) in [7, 11) is 0. The van der Waals surface area contributed by atoms with Gasteiger partial charge in [-0.3, -0.25) is 9.79 Å². The van der Waals surface area contributed by atoms with Gasteiger partial charge in [-0.2, -0.15) is 0 Å². The molecule has 0 saturated heterocycles. The van der Waals surface area contributed by atoms with Crippen molar-refractivity contribution < 1.29 is 9.53 Å². The number of hydrogen-bond donors (Lipinski definition) is 0. The van der Waals surface area contributed by atoms with Gasteiger partial charge in [0.25, 0.3) is 0 Å². The summed E-state index contributed by atoms with van der Waals surface area (Å²) < 4.78 is 5.36. The second kappa shape index (κ2) is 9.20. The van der Waals surface area contributed by atoms with E-state index in [-0.39, 0.29) is 18.0 Å². The van der Waals surface area contributed by atoms with Crippen LogP contribution >= 0.6 is 0 Å². The second-order valence-corrected chi connectivity index (χ2v) is 4.44. The fourth-order valence-corrected chi connectivity index (χ4v) is 1.87. The lowest BCUT2D eigenvalue weighted by Gasteiger charge is -2.22. The van der Waals surface area contributed by atoms with Crippen molar-refractivity contribution in [3.8, 4) is 0 Å². The monoisotopic (exact) mass is 241 g/mol. The first-order chi connectivity index (χ1) is 8.06. The molecule has 0 fully saturated rings. The molecule has 0 aliphatic carbocycles. The van der Waals surface area contributed by atoms with Crippen LogP contribution in [0.1, 0.15) is 60.3 Å². The summed E-state index contributed by atoms with van der Waals surface area (Å²) in [5.41, 5.74) is 1.11. The van der Waals surface area contributed by atoms with E-state index in [4.69, 9.17) is 4.74 Å². The molecule has 0 aliphatic heterocycles. The fourth-order valence-electron chi connectivity index (χ4n) is 1.87. The van der Waals surface area contributed by atoms with Crippen LogP contribution in [-0.2, 0) is 9.53 Å². The van der Waals surface area contributed by atoms with Gasteiger partial charge in [0.2, 0.25) is 0 Å². The van der Waals surface area contributed by atoms with Crippen molar-refractivity contribution in [3.63, 3.8) is 0 Å². The lowest BCUT2D eigenvalue weighted by atomic mass is 9.95. The molecule has 100 valence electrons. The minimum Gasteiger partial charge on any atom is -0.462 e. The summed E-state index contributed by atoms with van der Waals surface area (Å²) in [6, 6.07) is 0. The van der Waals surface area contributed by atoms with Crippen molar-refractivity contribution in [1.29, 1.82) is 0 Å². The predicted octanol–water partition coefficient (Wildman–Crippen LogP) is 3.62. The zero-order chi connectivity index (χ0) is 13.3. The zero-order valence-electron chi connectivity index (χ0n) is 12.0. The Balaban J connectivity index is 4.37. The molecule has 0 aliphatic rings. The third-order valence-electron chi connectivity index (χ3n) is 3.02. The lowest BCUT2D eigenvalue weighted by Crippen LogP contribution is -2.28. The van der Waals surface area contributed by atoms with Gasteiger partial charge in [0, 0.05) is 24.6 Å². The average Bonchev–Trinajstić information content (AvgIpc) is 2.30. The number of carbonyl (C=O) groups is 1. The highest BCUT2D eigenvalue weighted by Crippen LogP contribution is 2.15. The molecule has 0 spiro atoms. The van der Waals surface area contributed by atoms with E-state index in [2.05, 4.69) is 18.8 Å². The smallest absolute Gasteiger partial charge is 0.305 e. The lowest BCUT2D eigenvalue weighted by molar-refractivity contribution is -0.149. The summed E-state index contributed by atoms with van der Waals surface area (Å²) in [6.45, 7) is 11.0. The second-order valence-electron chi connectivity index (χ2n) is 4.44. The van der Waals surface area contributed by atoms with Crippen LogP contribution in [0.5, 0.6) is 0 Å². The minimum atomic E-state index is -0.127. The summed E-state index contributed by atoms with van der Waals surface area (Å²) >= 11 is 0. The van der Waals surface area contributed by atoms with Gasteiger partial charge in [-0.25, -0.2) is 0 Å². The quantitative estimate of drug-likeness (QED) is 0.370. The molecule has 3 nitrogen and oxygen atoms in total. The first-order valence-electron chi connectivity index (χ1n) is 6.77. The maximum atomic E-state index is 11.3. The number of carbonyl (C=O) groups excluding carboxylic acids is 1. The molecule has 0 aromatic carbocycles. The first kappa shape index (κ1) is 16.1. The van der Waals surface area contributed by atoms with E-state index in [0.29, 0.717) is 6.42 Å². The van der Waals surface area contributed by atoms with E-state index < -0.39 is 0 Å². The van der Waals surface area contributed by atoms with Crippen LogP contribution < -0.4 is 0 Å². The minimum absolute atomic E-state index is 0.0715. The van der Waals surface area contributed by atoms with Gasteiger partial charge in [0.05, 0.1) is 0 Å². The van der Waals surface area contributed by atoms with Crippen LogP contribution in [-0.4, -0.2) is 24.3 Å². The van der Waals surface area contributed by atoms with Gasteiger partial charge in [0.1, 0.15) is 6.10 Å². The maximum absolute atomic E-state index is 11.3. The van der Waals surface area contributed by atoms with Gasteiger partial charge in [-0.05, 0) is 26.7 Å². The average molecular weight is 241 g/mol. The third-order valence-corrected chi connectivity index (χ3v) is 3.02. The van der Waals surface area contributed by atoms with Crippen LogP contribution in [0, 0.1) is 5.92 Å². The van der Waals surface area contributed by atoms with Crippen molar-refractivity contribution in [3.05, 3.63) is 0 Å². The Morgan fingerprint density at radius 1 is 1.29 bits per heavy atom. The van der Waals surface area contributed by atoms with Crippen LogP contribution in [0.15, 0.2) is 4.99 Å². The van der Waals surface area contributed by atoms with Gasteiger partial charge in [-0.1, -0.05) is 27.2 Å². The van der Waals surface area contributed by atoms with Gasteiger partial charge in [-0.15, -0.1) is 0 Å². The van der Waals surface area contributed by atoms with Crippen molar-refractivity contribution in [2.75, 3.05) is 6.54 Å². The van der Waals surface area contributed by atoms with E-state index in [1.54, 1.807) is 0 Å². The molecule has 0 aromatic rings. The molecule has 0 N–H and O–H groups in total. The molecule has 0 rings (SSSR count). The number of hydrogen-bond acceptors (Lipinski definition) is 3. The summed E-state index contributed by atoms with van der Waals surface area (Å²) in [4.78, 5) is 15.8. The number of esters is 1. The summed E-state index contributed by atoms with van der Waals surface area (Å²) in [6.07, 6.45) is 3.61. The van der Waals surface area contributed by atoms with E-state index in [1.165, 1.54) is 0 Å². The molecule has 0 aromatic heterocycles. The van der Waals surface area contributed by atoms with E-state index in [9.17, 15) is 4.79 Å². The number of nitrogens with zero attached hydrogens (tertiary/aromatic N) is 1. The standard InChI is InChI=1S/C14H27NO2/c1-6-9-10-15-11(4)13(7-2)12(5)17-14(16)8-3/h12-13H,6-10H2,1-5H3. The van der Waals surface area contributed by atoms with Crippen molar-refractivity contribution in [1.82, 2.24) is 0 Å². The Morgan fingerprint density at radius 3 is 2.41 bits per heavy atom. The Labute approximate surface area is 106 Å². The SMILES string of the molecule is CCCCN=C(C)C(CC)C(C)OC(=O)CC. The Kier molecular flexibility index (Phi) is 8.73. The molecule has 0 amide bonds. The van der Waals surface area contributed by atoms with Crippen LogP contribution in [0.4, 0.5) is 0 Å². The molecule has 0 heterocycles. The van der Waals surface area contributed by atoms with Crippen LogP contribution in [0.2, 0.25) is 0 Å². The highest BCUT2D eigenvalue weighted by atomic mass is 16.5. The highest BCUT2D eigenvalue weighted by molar-refractivity contribution is 5.85. The van der Waals surface area contributed by atoms with E-state index in [1.807, 2.05) is 20.8 Å². The van der Waals surface area contributed by atoms with Crippen LogP contribution in [0.25, 0.3) is 0 Å². The van der Waals surface area contributed by atoms with Crippen molar-refractivity contribution in [2.24, 2.45) is 10.9 Å². The van der Waals surface area contributed by atoms with Gasteiger partial charge >= 0.3 is 5.97 Å². The first-order valence-corrected chi connectivity index (χ1v) is 6.77. The largest absolute Gasteiger partial charge is 0.462 e. The van der Waals surface area contributed by atoms with Crippen molar-refractivity contribution >= 4 is 11.7 Å². The molecule has 0 saturated carbocycles. The fraction of sp³-hybridized carbons (Fsp3) is 0.857. The Hall–Kier alpha value is -0.860. The van der Waals surface area contributed by atoms with E-state index in [0.717, 1.165) is 31.5 Å². The highest BCUT2D eigenvalue weighted by Gasteiger charge is 2.21. The number of rotatable bonds is 8. The molecule has 0 bridgehead atoms. The Morgan fingerprint density at radius 2 is 1.94 bits per heavy atom. The van der Waals surface area contributed by atoms with Gasteiger partial charge < -0.3 is 4.74 Å². The molecule has 17 heavy (non-hydrogen) atoms. The molecule has 3 heteroatoms. The summed E-state index contributed by atoms with van der Waals surface area (Å²) in [5, 5.41) is 0. The van der Waals surface area contributed by atoms with Gasteiger partial charge in [0.15, 0.2) is 0 Å². The molecule has 2 unspecified atom stereocenters. The molecular weight excluding hydrogens is 214 g/mol. The third kappa shape index (κ3) is 6.44. The normalized spacial score (nSPS) is 15.5. The summed E-state index contributed by atoms with van der Waals surface area (Å²) in [5.74, 6) is 0.125. The Bertz CT molecular complexity index is 249. The maximum Gasteiger partial charge on any atom is 0.305 e. The zero-order valence-corrected chi connectivity index (χ0v) is 12.0. The predicted molar refractivity (Wildman–Crippen MR) is 72.5 cm³/mol. The molecule has 0 radical (unpaired) electrons. The van der Waals surface area contributed by atoms with Crippen LogP contribution in [0.3, 0.4) is 0 Å². The number of aliphatic imine (C=N–C) groups is 1. The number of unbranched alkanes of at least 4 members (excludes halogenated alkanes) is 1.